The van der Waals surface area contributed by atoms with Crippen LogP contribution in [0.25, 0.3) is 0 Å². The van der Waals surface area contributed by atoms with E-state index in [1.165, 1.54) is 4.90 Å². The molecule has 0 aromatic rings. The van der Waals surface area contributed by atoms with Gasteiger partial charge in [0.15, 0.2) is 0 Å². The number of nitrogens with one attached hydrogen (secondary N) is 1. The number of likely N-dealkylation sites (tertiary alicyclic amines) is 1. The highest BCUT2D eigenvalue weighted by Crippen LogP contribution is 2.36. The zero-order valence-corrected chi connectivity index (χ0v) is 22.6. The summed E-state index contributed by atoms with van der Waals surface area (Å²) < 4.78 is 16.5. The van der Waals surface area contributed by atoms with Crippen molar-refractivity contribution in [1.82, 2.24) is 10.2 Å². The molecule has 1 saturated heterocycles. The number of ether oxygens (including phenoxy) is 3. The average molecular weight is 481 g/mol. The summed E-state index contributed by atoms with van der Waals surface area (Å²) in [6.45, 7) is 22.0. The van der Waals surface area contributed by atoms with Crippen molar-refractivity contribution in [2.75, 3.05) is 0 Å². The van der Waals surface area contributed by atoms with Crippen LogP contribution in [0.4, 0.5) is 9.59 Å². The molecule has 3 atom stereocenters. The van der Waals surface area contributed by atoms with Gasteiger partial charge in [-0.1, -0.05) is 11.6 Å². The molecule has 2 amide bonds. The molecule has 1 heterocycles. The van der Waals surface area contributed by atoms with E-state index in [0.717, 1.165) is 5.57 Å². The van der Waals surface area contributed by atoms with Crippen molar-refractivity contribution in [3.8, 4) is 0 Å². The van der Waals surface area contributed by atoms with Crippen LogP contribution < -0.4 is 5.32 Å². The van der Waals surface area contributed by atoms with Crippen molar-refractivity contribution in [1.29, 1.82) is 0 Å². The Morgan fingerprint density at radius 3 is 1.94 bits per heavy atom. The molecule has 0 aromatic carbocycles. The Kier molecular flexibility index (Phi) is 9.79. The number of hydrogen-bond donors (Lipinski definition) is 1. The van der Waals surface area contributed by atoms with Crippen LogP contribution in [-0.2, 0) is 19.0 Å². The predicted octanol–water partition coefficient (Wildman–Crippen LogP) is 5.72. The maximum absolute atomic E-state index is 13.2. The number of nitrogens with zero attached hydrogens (tertiary/aromatic N) is 1. The highest BCUT2D eigenvalue weighted by Gasteiger charge is 2.48. The molecule has 1 rings (SSSR count). The van der Waals surface area contributed by atoms with Gasteiger partial charge in [-0.2, -0.15) is 0 Å². The molecule has 0 aliphatic carbocycles. The molecule has 0 bridgehead atoms. The minimum absolute atomic E-state index is 0.100. The lowest BCUT2D eigenvalue weighted by Gasteiger charge is -2.33. The van der Waals surface area contributed by atoms with Gasteiger partial charge in [0.25, 0.3) is 0 Å². The van der Waals surface area contributed by atoms with Crippen molar-refractivity contribution in [2.24, 2.45) is 5.92 Å². The van der Waals surface area contributed by atoms with Crippen LogP contribution in [-0.4, -0.2) is 51.9 Å². The Balaban J connectivity index is 3.06. The van der Waals surface area contributed by atoms with Gasteiger partial charge in [-0.05, 0) is 94.4 Å². The number of hydrogen-bond acceptors (Lipinski definition) is 6. The molecule has 194 valence electrons. The smallest absolute Gasteiger partial charge is 0.411 e. The van der Waals surface area contributed by atoms with Gasteiger partial charge in [-0.15, -0.1) is 6.58 Å². The summed E-state index contributed by atoms with van der Waals surface area (Å²) in [6, 6.07) is -1.05. The van der Waals surface area contributed by atoms with E-state index in [4.69, 9.17) is 14.2 Å². The highest BCUT2D eigenvalue weighted by atomic mass is 16.6. The van der Waals surface area contributed by atoms with Gasteiger partial charge in [-0.25, -0.2) is 14.4 Å². The van der Waals surface area contributed by atoms with Crippen LogP contribution in [0.3, 0.4) is 0 Å². The Hall–Kier alpha value is -2.51. The van der Waals surface area contributed by atoms with E-state index in [2.05, 4.69) is 11.9 Å². The van der Waals surface area contributed by atoms with Crippen molar-refractivity contribution >= 4 is 18.2 Å². The van der Waals surface area contributed by atoms with E-state index in [-0.39, 0.29) is 12.0 Å². The van der Waals surface area contributed by atoms with E-state index < -0.39 is 41.0 Å². The Labute approximate surface area is 205 Å². The minimum Gasteiger partial charge on any atom is -0.458 e. The molecule has 0 unspecified atom stereocenters. The first-order chi connectivity index (χ1) is 15.3. The molecule has 1 aliphatic heterocycles. The molecule has 1 N–H and O–H groups in total. The molecule has 8 nitrogen and oxygen atoms in total. The van der Waals surface area contributed by atoms with Crippen LogP contribution in [0.2, 0.25) is 0 Å². The molecule has 8 heteroatoms. The summed E-state index contributed by atoms with van der Waals surface area (Å²) in [6.07, 6.45) is 3.88. The van der Waals surface area contributed by atoms with E-state index >= 15 is 0 Å². The fraction of sp³-hybridized carbons (Fsp3) is 0.731. The van der Waals surface area contributed by atoms with Gasteiger partial charge >= 0.3 is 18.2 Å². The number of allylic oxidation sites excluding steroid dienone is 1. The zero-order valence-electron chi connectivity index (χ0n) is 22.6. The topological polar surface area (TPSA) is 94.2 Å². The number of carbonyl (C=O) groups is 3. The van der Waals surface area contributed by atoms with E-state index in [1.807, 2.05) is 6.92 Å². The largest absolute Gasteiger partial charge is 0.458 e. The van der Waals surface area contributed by atoms with Crippen LogP contribution in [0, 0.1) is 5.92 Å². The molecule has 34 heavy (non-hydrogen) atoms. The lowest BCUT2D eigenvalue weighted by atomic mass is 9.94. The predicted molar refractivity (Wildman–Crippen MR) is 132 cm³/mol. The van der Waals surface area contributed by atoms with Crippen LogP contribution in [0.15, 0.2) is 24.4 Å². The third-order valence-corrected chi connectivity index (χ3v) is 4.94. The first kappa shape index (κ1) is 29.5. The second-order valence-corrected chi connectivity index (χ2v) is 11.8. The molecule has 0 saturated carbocycles. The third-order valence-electron chi connectivity index (χ3n) is 4.94. The number of carbonyl (C=O) groups excluding carboxylic acids is 3. The lowest BCUT2D eigenvalue weighted by Crippen LogP contribution is -2.49. The number of alkyl carbamates (subject to hydrolysis) is 1. The maximum Gasteiger partial charge on any atom is 0.411 e. The van der Waals surface area contributed by atoms with Gasteiger partial charge in [-0.3, -0.25) is 10.2 Å². The van der Waals surface area contributed by atoms with E-state index in [0.29, 0.717) is 19.3 Å². The number of rotatable bonds is 6. The molecular formula is C26H44N2O6. The first-order valence-electron chi connectivity index (χ1n) is 11.8. The molecular weight excluding hydrogens is 436 g/mol. The van der Waals surface area contributed by atoms with Crippen molar-refractivity contribution in [2.45, 2.75) is 117 Å². The summed E-state index contributed by atoms with van der Waals surface area (Å²) in [5.41, 5.74) is -1.07. The molecule has 0 aromatic heterocycles. The van der Waals surface area contributed by atoms with Crippen LogP contribution in [0.5, 0.6) is 0 Å². The third kappa shape index (κ3) is 10.2. The van der Waals surface area contributed by atoms with Gasteiger partial charge in [0, 0.05) is 12.2 Å². The molecule has 1 aliphatic rings. The maximum atomic E-state index is 13.2. The first-order valence-corrected chi connectivity index (χ1v) is 11.8. The van der Waals surface area contributed by atoms with E-state index in [9.17, 15) is 14.4 Å². The standard InChI is InChI=1S/C26H44N2O6/c1-12-18-15-20(21(29)32-24(3,4)5)28(23(31)34-26(9,10)11)19(18)14-13-17(2)16-27-22(30)33-25(6,7)8/h12,16,18-20H,1,13-15H2,2-11H3,(H,27,30)/t18-,19-,20-/m1/s1. The SMILES string of the molecule is C=C[C@@H]1C[C@H](C(=O)OC(C)(C)C)N(C(=O)OC(C)(C)C)[C@@H]1CCC(C)=CNC(=O)OC(C)(C)C. The fourth-order valence-corrected chi connectivity index (χ4v) is 3.67. The van der Waals surface area contributed by atoms with Gasteiger partial charge in [0.2, 0.25) is 0 Å². The summed E-state index contributed by atoms with van der Waals surface area (Å²) in [5, 5.41) is 2.63. The number of amides is 2. The Morgan fingerprint density at radius 1 is 0.941 bits per heavy atom. The van der Waals surface area contributed by atoms with E-state index in [1.54, 1.807) is 74.6 Å². The highest BCUT2D eigenvalue weighted by molar-refractivity contribution is 5.83. The van der Waals surface area contributed by atoms with Crippen LogP contribution in [0.1, 0.15) is 88.5 Å². The average Bonchev–Trinajstić information content (AvgIpc) is 2.99. The monoisotopic (exact) mass is 480 g/mol. The van der Waals surface area contributed by atoms with Gasteiger partial charge in [0.1, 0.15) is 22.8 Å². The quantitative estimate of drug-likeness (QED) is 0.297. The van der Waals surface area contributed by atoms with Gasteiger partial charge < -0.3 is 14.2 Å². The fourth-order valence-electron chi connectivity index (χ4n) is 3.67. The minimum atomic E-state index is -0.758. The molecule has 0 spiro atoms. The number of esters is 1. The van der Waals surface area contributed by atoms with Crippen molar-refractivity contribution in [3.63, 3.8) is 0 Å². The van der Waals surface area contributed by atoms with Crippen molar-refractivity contribution < 1.29 is 28.6 Å². The Bertz CT molecular complexity index is 783. The lowest BCUT2D eigenvalue weighted by molar-refractivity contribution is -0.160. The summed E-state index contributed by atoms with van der Waals surface area (Å²) >= 11 is 0. The normalized spacial score (nSPS) is 21.6. The van der Waals surface area contributed by atoms with Gasteiger partial charge in [0.05, 0.1) is 0 Å². The Morgan fingerprint density at radius 2 is 1.47 bits per heavy atom. The van der Waals surface area contributed by atoms with Crippen LogP contribution >= 0.6 is 0 Å². The second-order valence-electron chi connectivity index (χ2n) is 11.8. The summed E-state index contributed by atoms with van der Waals surface area (Å²) in [4.78, 5) is 39.6. The molecule has 1 fully saturated rings. The zero-order chi connectivity index (χ0) is 26.5. The summed E-state index contributed by atoms with van der Waals surface area (Å²) in [7, 11) is 0. The van der Waals surface area contributed by atoms with Crippen molar-refractivity contribution in [3.05, 3.63) is 24.4 Å². The molecule has 0 radical (unpaired) electrons. The summed E-state index contributed by atoms with van der Waals surface area (Å²) in [5.74, 6) is -0.553. The second kappa shape index (κ2) is 11.3.